The maximum absolute atomic E-state index is 11.6. The first-order valence-electron chi connectivity index (χ1n) is 5.19. The summed E-state index contributed by atoms with van der Waals surface area (Å²) in [6.07, 6.45) is 3.76. The van der Waals surface area contributed by atoms with Crippen molar-refractivity contribution in [1.82, 2.24) is 10.6 Å². The number of hydrogen-bond donors (Lipinski definition) is 2. The van der Waals surface area contributed by atoms with Crippen LogP contribution in [-0.2, 0) is 4.79 Å². The molecule has 2 rings (SSSR count). The fourth-order valence-corrected chi connectivity index (χ4v) is 2.00. The third kappa shape index (κ3) is 2.74. The second-order valence-electron chi connectivity index (χ2n) is 3.56. The van der Waals surface area contributed by atoms with E-state index in [1.54, 1.807) is 18.9 Å². The minimum absolute atomic E-state index is 0.0352. The molecule has 90 valence electrons. The third-order valence-corrected chi connectivity index (χ3v) is 3.16. The number of ether oxygens (including phenoxy) is 1. The molecule has 1 aromatic carbocycles. The summed E-state index contributed by atoms with van der Waals surface area (Å²) in [7, 11) is 1.63. The summed E-state index contributed by atoms with van der Waals surface area (Å²) < 4.78 is 5.08. The van der Waals surface area contributed by atoms with Crippen LogP contribution in [0.3, 0.4) is 0 Å². The number of carbonyl (C=O) groups excluding carboxylic acids is 1. The van der Waals surface area contributed by atoms with Crippen LogP contribution in [0.5, 0.6) is 5.75 Å². The van der Waals surface area contributed by atoms with E-state index in [2.05, 4.69) is 10.6 Å². The molecule has 1 aliphatic heterocycles. The Hall–Kier alpha value is -1.62. The molecule has 0 saturated carbocycles. The maximum atomic E-state index is 11.6. The summed E-state index contributed by atoms with van der Waals surface area (Å²) in [5.74, 6) is 0.734. The first kappa shape index (κ1) is 11.9. The van der Waals surface area contributed by atoms with E-state index in [9.17, 15) is 4.79 Å². The molecule has 5 heteroatoms. The zero-order valence-corrected chi connectivity index (χ0v) is 10.5. The van der Waals surface area contributed by atoms with Crippen molar-refractivity contribution in [3.8, 4) is 5.75 Å². The number of methoxy groups -OCH3 is 1. The fourth-order valence-electron chi connectivity index (χ4n) is 1.53. The minimum atomic E-state index is -0.0693. The second-order valence-corrected chi connectivity index (χ2v) is 4.51. The van der Waals surface area contributed by atoms with Gasteiger partial charge in [-0.25, -0.2) is 0 Å². The summed E-state index contributed by atoms with van der Waals surface area (Å²) in [6, 6.07) is 7.55. The van der Waals surface area contributed by atoms with Gasteiger partial charge in [0.15, 0.2) is 0 Å². The number of carbonyl (C=O) groups is 1. The molecule has 1 aromatic rings. The van der Waals surface area contributed by atoms with Crippen LogP contribution >= 0.6 is 11.8 Å². The van der Waals surface area contributed by atoms with E-state index in [-0.39, 0.29) is 11.4 Å². The largest absolute Gasteiger partial charge is 0.497 e. The van der Waals surface area contributed by atoms with Gasteiger partial charge in [0.25, 0.3) is 5.91 Å². The number of nitrogens with one attached hydrogen (secondary N) is 2. The Balaban J connectivity index is 2.15. The van der Waals surface area contributed by atoms with E-state index >= 15 is 0 Å². The van der Waals surface area contributed by atoms with Crippen molar-refractivity contribution in [2.45, 2.75) is 5.50 Å². The summed E-state index contributed by atoms with van der Waals surface area (Å²) in [5, 5.41) is 5.92. The molecular weight excluding hydrogens is 236 g/mol. The Morgan fingerprint density at radius 2 is 2.00 bits per heavy atom. The Labute approximate surface area is 104 Å². The number of thioether (sulfide) groups is 1. The second kappa shape index (κ2) is 5.14. The van der Waals surface area contributed by atoms with Crippen molar-refractivity contribution in [3.05, 3.63) is 35.5 Å². The minimum Gasteiger partial charge on any atom is -0.497 e. The molecule has 0 aromatic heterocycles. The van der Waals surface area contributed by atoms with Crippen molar-refractivity contribution in [1.29, 1.82) is 0 Å². The van der Waals surface area contributed by atoms with E-state index in [1.165, 1.54) is 0 Å². The molecule has 17 heavy (non-hydrogen) atoms. The van der Waals surface area contributed by atoms with Gasteiger partial charge in [-0.3, -0.25) is 4.79 Å². The number of amides is 1. The molecule has 1 saturated heterocycles. The van der Waals surface area contributed by atoms with Gasteiger partial charge in [-0.1, -0.05) is 12.1 Å². The molecule has 0 unspecified atom stereocenters. The Kier molecular flexibility index (Phi) is 3.58. The van der Waals surface area contributed by atoms with Crippen molar-refractivity contribution in [2.75, 3.05) is 13.4 Å². The van der Waals surface area contributed by atoms with E-state index in [4.69, 9.17) is 4.74 Å². The van der Waals surface area contributed by atoms with Crippen LogP contribution in [0.4, 0.5) is 0 Å². The van der Waals surface area contributed by atoms with E-state index < -0.39 is 0 Å². The van der Waals surface area contributed by atoms with Crippen LogP contribution in [0.25, 0.3) is 6.08 Å². The molecule has 1 fully saturated rings. The van der Waals surface area contributed by atoms with Gasteiger partial charge >= 0.3 is 0 Å². The van der Waals surface area contributed by atoms with Crippen LogP contribution in [0.2, 0.25) is 0 Å². The van der Waals surface area contributed by atoms with Crippen LogP contribution in [-0.4, -0.2) is 24.8 Å². The number of benzene rings is 1. The lowest BCUT2D eigenvalue weighted by atomic mass is 10.2. The van der Waals surface area contributed by atoms with Gasteiger partial charge in [-0.2, -0.15) is 0 Å². The zero-order valence-electron chi connectivity index (χ0n) is 9.69. The first-order valence-corrected chi connectivity index (χ1v) is 6.47. The molecular formula is C12H14N2O2S. The highest BCUT2D eigenvalue weighted by molar-refractivity contribution is 7.99. The normalized spacial score (nSPS) is 21.2. The Bertz CT molecular complexity index is 442. The molecule has 1 amide bonds. The van der Waals surface area contributed by atoms with Gasteiger partial charge in [-0.15, -0.1) is 11.8 Å². The predicted octanol–water partition coefficient (Wildman–Crippen LogP) is 1.40. The average Bonchev–Trinajstić information content (AvgIpc) is 2.71. The molecule has 0 spiro atoms. The number of rotatable bonds is 3. The van der Waals surface area contributed by atoms with Crippen LogP contribution in [0.15, 0.2) is 30.0 Å². The summed E-state index contributed by atoms with van der Waals surface area (Å²) in [6.45, 7) is 0. The van der Waals surface area contributed by atoms with E-state index in [0.29, 0.717) is 5.70 Å². The van der Waals surface area contributed by atoms with E-state index in [1.807, 2.05) is 36.6 Å². The smallest absolute Gasteiger partial charge is 0.269 e. The SMILES string of the molecule is COc1ccc(/C=C2/N[C@H](SC)NC2=O)cc1. The summed E-state index contributed by atoms with van der Waals surface area (Å²) >= 11 is 1.55. The molecule has 1 heterocycles. The molecule has 2 N–H and O–H groups in total. The first-order chi connectivity index (χ1) is 8.22. The van der Waals surface area contributed by atoms with Crippen molar-refractivity contribution < 1.29 is 9.53 Å². The monoisotopic (exact) mass is 250 g/mol. The molecule has 1 atom stereocenters. The maximum Gasteiger partial charge on any atom is 0.269 e. The van der Waals surface area contributed by atoms with Gasteiger partial charge in [0, 0.05) is 0 Å². The third-order valence-electron chi connectivity index (χ3n) is 2.46. The highest BCUT2D eigenvalue weighted by Crippen LogP contribution is 2.16. The van der Waals surface area contributed by atoms with Crippen molar-refractivity contribution in [3.63, 3.8) is 0 Å². The van der Waals surface area contributed by atoms with Crippen LogP contribution in [0, 0.1) is 0 Å². The van der Waals surface area contributed by atoms with Crippen molar-refractivity contribution in [2.24, 2.45) is 0 Å². The lowest BCUT2D eigenvalue weighted by Crippen LogP contribution is -2.27. The highest BCUT2D eigenvalue weighted by Gasteiger charge is 2.23. The molecule has 0 aliphatic carbocycles. The van der Waals surface area contributed by atoms with Crippen LogP contribution in [0.1, 0.15) is 5.56 Å². The molecule has 4 nitrogen and oxygen atoms in total. The Morgan fingerprint density at radius 3 is 2.53 bits per heavy atom. The molecule has 0 bridgehead atoms. The van der Waals surface area contributed by atoms with Gasteiger partial charge < -0.3 is 15.4 Å². The zero-order chi connectivity index (χ0) is 12.3. The molecule has 1 aliphatic rings. The number of hydrogen-bond acceptors (Lipinski definition) is 4. The lowest BCUT2D eigenvalue weighted by molar-refractivity contribution is -0.116. The van der Waals surface area contributed by atoms with Gasteiger partial charge in [0.05, 0.1) is 7.11 Å². The average molecular weight is 250 g/mol. The van der Waals surface area contributed by atoms with Crippen molar-refractivity contribution >= 4 is 23.7 Å². The lowest BCUT2D eigenvalue weighted by Gasteiger charge is -2.05. The Morgan fingerprint density at radius 1 is 1.29 bits per heavy atom. The predicted molar refractivity (Wildman–Crippen MR) is 69.6 cm³/mol. The fraction of sp³-hybridized carbons (Fsp3) is 0.250. The summed E-state index contributed by atoms with van der Waals surface area (Å²) in [4.78, 5) is 11.6. The van der Waals surface area contributed by atoms with Gasteiger partial charge in [0.1, 0.15) is 16.9 Å². The quantitative estimate of drug-likeness (QED) is 0.796. The molecule has 0 radical (unpaired) electrons. The topological polar surface area (TPSA) is 50.4 Å². The standard InChI is InChI=1S/C12H14N2O2S/c1-16-9-5-3-8(4-6-9)7-10-11(15)14-12(13-10)17-2/h3-7,12-13H,1-2H3,(H,14,15)/b10-7+/t12-/m0/s1. The summed E-state index contributed by atoms with van der Waals surface area (Å²) in [5.41, 5.74) is 1.52. The van der Waals surface area contributed by atoms with E-state index in [0.717, 1.165) is 11.3 Å². The highest BCUT2D eigenvalue weighted by atomic mass is 32.2. The van der Waals surface area contributed by atoms with Crippen LogP contribution < -0.4 is 15.4 Å². The van der Waals surface area contributed by atoms with Gasteiger partial charge in [-0.05, 0) is 30.0 Å². The van der Waals surface area contributed by atoms with Gasteiger partial charge in [0.2, 0.25) is 0 Å².